The molecule has 2 heterocycles. The number of fused-ring (bicyclic) bond motifs is 1. The van der Waals surface area contributed by atoms with Crippen LogP contribution in [0.15, 0.2) is 46.7 Å². The SMILES string of the molecule is CCNCc1cnc(Sc2nc3ccccc3[nH]2)c(C)c1. The van der Waals surface area contributed by atoms with Crippen LogP contribution in [0.4, 0.5) is 0 Å². The first-order valence-corrected chi connectivity index (χ1v) is 7.86. The fourth-order valence-corrected chi connectivity index (χ4v) is 2.98. The maximum atomic E-state index is 4.58. The largest absolute Gasteiger partial charge is 0.333 e. The van der Waals surface area contributed by atoms with Crippen molar-refractivity contribution >= 4 is 22.8 Å². The number of hydrogen-bond donors (Lipinski definition) is 2. The first-order valence-electron chi connectivity index (χ1n) is 7.05. The quantitative estimate of drug-likeness (QED) is 0.756. The predicted molar refractivity (Wildman–Crippen MR) is 86.6 cm³/mol. The molecule has 0 unspecified atom stereocenters. The first kappa shape index (κ1) is 14.1. The van der Waals surface area contributed by atoms with E-state index in [1.807, 2.05) is 30.5 Å². The molecule has 4 nitrogen and oxygen atoms in total. The Morgan fingerprint density at radius 1 is 1.29 bits per heavy atom. The number of imidazole rings is 1. The summed E-state index contributed by atoms with van der Waals surface area (Å²) in [7, 11) is 0. The van der Waals surface area contributed by atoms with Crippen molar-refractivity contribution in [1.82, 2.24) is 20.3 Å². The minimum atomic E-state index is 0.861. The number of benzene rings is 1. The Labute approximate surface area is 128 Å². The van der Waals surface area contributed by atoms with E-state index in [-0.39, 0.29) is 0 Å². The van der Waals surface area contributed by atoms with E-state index in [1.54, 1.807) is 11.8 Å². The fourth-order valence-electron chi connectivity index (χ4n) is 2.16. The van der Waals surface area contributed by atoms with E-state index in [0.29, 0.717) is 0 Å². The van der Waals surface area contributed by atoms with E-state index >= 15 is 0 Å². The fraction of sp³-hybridized carbons (Fsp3) is 0.250. The van der Waals surface area contributed by atoms with Crippen molar-refractivity contribution < 1.29 is 0 Å². The third kappa shape index (κ3) is 3.25. The van der Waals surface area contributed by atoms with Crippen molar-refractivity contribution in [3.05, 3.63) is 47.7 Å². The van der Waals surface area contributed by atoms with Crippen molar-refractivity contribution in [2.75, 3.05) is 6.54 Å². The second kappa shape index (κ2) is 6.28. The van der Waals surface area contributed by atoms with E-state index in [0.717, 1.165) is 34.3 Å². The van der Waals surface area contributed by atoms with Crippen LogP contribution < -0.4 is 5.32 Å². The van der Waals surface area contributed by atoms with Gasteiger partial charge in [-0.15, -0.1) is 0 Å². The number of aromatic nitrogens is 3. The highest BCUT2D eigenvalue weighted by atomic mass is 32.2. The number of H-pyrrole nitrogens is 1. The third-order valence-corrected chi connectivity index (χ3v) is 4.23. The maximum Gasteiger partial charge on any atom is 0.172 e. The molecule has 108 valence electrons. The monoisotopic (exact) mass is 298 g/mol. The molecule has 0 amide bonds. The number of para-hydroxylation sites is 2. The minimum absolute atomic E-state index is 0.861. The molecule has 0 saturated heterocycles. The summed E-state index contributed by atoms with van der Waals surface area (Å²) < 4.78 is 0. The standard InChI is InChI=1S/C16H18N4S/c1-3-17-9-12-8-11(2)15(18-10-12)21-16-19-13-6-4-5-7-14(13)20-16/h4-8,10,17H,3,9H2,1-2H3,(H,19,20). The Kier molecular flexibility index (Phi) is 4.22. The summed E-state index contributed by atoms with van der Waals surface area (Å²) in [5.74, 6) is 0. The molecule has 0 aliphatic carbocycles. The summed E-state index contributed by atoms with van der Waals surface area (Å²) in [6, 6.07) is 10.2. The summed E-state index contributed by atoms with van der Waals surface area (Å²) in [6.45, 7) is 6.02. The number of nitrogens with zero attached hydrogens (tertiary/aromatic N) is 2. The molecule has 21 heavy (non-hydrogen) atoms. The molecule has 1 aromatic carbocycles. The van der Waals surface area contributed by atoms with Gasteiger partial charge in [0.2, 0.25) is 0 Å². The summed E-state index contributed by atoms with van der Waals surface area (Å²) in [5.41, 5.74) is 4.43. The molecular weight excluding hydrogens is 280 g/mol. The van der Waals surface area contributed by atoms with Crippen molar-refractivity contribution in [3.8, 4) is 0 Å². The van der Waals surface area contributed by atoms with Crippen LogP contribution in [-0.4, -0.2) is 21.5 Å². The van der Waals surface area contributed by atoms with Crippen molar-refractivity contribution in [3.63, 3.8) is 0 Å². The predicted octanol–water partition coefficient (Wildman–Crippen LogP) is 3.53. The van der Waals surface area contributed by atoms with Crippen LogP contribution in [0.3, 0.4) is 0 Å². The van der Waals surface area contributed by atoms with E-state index in [2.05, 4.69) is 40.2 Å². The molecule has 5 heteroatoms. The molecule has 0 atom stereocenters. The zero-order valence-electron chi connectivity index (χ0n) is 12.2. The summed E-state index contributed by atoms with van der Waals surface area (Å²) >= 11 is 1.57. The Morgan fingerprint density at radius 3 is 2.90 bits per heavy atom. The van der Waals surface area contributed by atoms with Gasteiger partial charge in [0.05, 0.1) is 11.0 Å². The molecule has 0 radical (unpaired) electrons. The molecule has 2 N–H and O–H groups in total. The van der Waals surface area contributed by atoms with Gasteiger partial charge in [-0.05, 0) is 48.5 Å². The van der Waals surface area contributed by atoms with Gasteiger partial charge in [-0.3, -0.25) is 0 Å². The Balaban J connectivity index is 1.80. The van der Waals surface area contributed by atoms with Crippen molar-refractivity contribution in [2.24, 2.45) is 0 Å². The number of aryl methyl sites for hydroxylation is 1. The average molecular weight is 298 g/mol. The first-order chi connectivity index (χ1) is 10.3. The summed E-state index contributed by atoms with van der Waals surface area (Å²) in [6.07, 6.45) is 1.93. The summed E-state index contributed by atoms with van der Waals surface area (Å²) in [4.78, 5) is 12.5. The molecule has 0 spiro atoms. The molecule has 2 aromatic heterocycles. The molecule has 3 rings (SSSR count). The number of hydrogen-bond acceptors (Lipinski definition) is 4. The van der Waals surface area contributed by atoms with E-state index < -0.39 is 0 Å². The third-order valence-electron chi connectivity index (χ3n) is 3.23. The number of nitrogens with one attached hydrogen (secondary N) is 2. The maximum absolute atomic E-state index is 4.58. The molecule has 0 aliphatic heterocycles. The second-order valence-corrected chi connectivity index (χ2v) is 5.88. The normalized spacial score (nSPS) is 11.1. The Bertz CT molecular complexity index is 718. The van der Waals surface area contributed by atoms with Gasteiger partial charge in [0.25, 0.3) is 0 Å². The Morgan fingerprint density at radius 2 is 2.14 bits per heavy atom. The molecule has 0 saturated carbocycles. The van der Waals surface area contributed by atoms with Crippen LogP contribution in [0.5, 0.6) is 0 Å². The lowest BCUT2D eigenvalue weighted by Crippen LogP contribution is -2.12. The highest BCUT2D eigenvalue weighted by Gasteiger charge is 2.08. The van der Waals surface area contributed by atoms with Gasteiger partial charge in [0.1, 0.15) is 5.03 Å². The number of pyridine rings is 1. The lowest BCUT2D eigenvalue weighted by atomic mass is 10.2. The highest BCUT2D eigenvalue weighted by Crippen LogP contribution is 2.28. The van der Waals surface area contributed by atoms with E-state index in [9.17, 15) is 0 Å². The molecule has 0 aliphatic rings. The van der Waals surface area contributed by atoms with Crippen LogP contribution >= 0.6 is 11.8 Å². The number of aromatic amines is 1. The second-order valence-electron chi connectivity index (χ2n) is 4.91. The van der Waals surface area contributed by atoms with Crippen LogP contribution in [0, 0.1) is 6.92 Å². The molecule has 0 fully saturated rings. The Hall–Kier alpha value is -1.85. The number of rotatable bonds is 5. The van der Waals surface area contributed by atoms with Gasteiger partial charge in [-0.1, -0.05) is 25.1 Å². The van der Waals surface area contributed by atoms with Gasteiger partial charge >= 0.3 is 0 Å². The zero-order chi connectivity index (χ0) is 14.7. The topological polar surface area (TPSA) is 53.6 Å². The van der Waals surface area contributed by atoms with Crippen LogP contribution in [0.2, 0.25) is 0 Å². The van der Waals surface area contributed by atoms with Gasteiger partial charge in [-0.2, -0.15) is 0 Å². The van der Waals surface area contributed by atoms with Crippen LogP contribution in [-0.2, 0) is 6.54 Å². The van der Waals surface area contributed by atoms with Crippen LogP contribution in [0.25, 0.3) is 11.0 Å². The zero-order valence-corrected chi connectivity index (χ0v) is 13.0. The minimum Gasteiger partial charge on any atom is -0.333 e. The highest BCUT2D eigenvalue weighted by molar-refractivity contribution is 7.99. The molecule has 0 bridgehead atoms. The van der Waals surface area contributed by atoms with E-state index in [1.165, 1.54) is 11.1 Å². The van der Waals surface area contributed by atoms with E-state index in [4.69, 9.17) is 0 Å². The van der Waals surface area contributed by atoms with Gasteiger partial charge < -0.3 is 10.3 Å². The van der Waals surface area contributed by atoms with Gasteiger partial charge in [-0.25, -0.2) is 9.97 Å². The van der Waals surface area contributed by atoms with Crippen molar-refractivity contribution in [2.45, 2.75) is 30.6 Å². The average Bonchev–Trinajstić information content (AvgIpc) is 2.90. The molecule has 3 aromatic rings. The van der Waals surface area contributed by atoms with Gasteiger partial charge in [0, 0.05) is 12.7 Å². The lowest BCUT2D eigenvalue weighted by Gasteiger charge is -2.06. The molecular formula is C16H18N4S. The smallest absolute Gasteiger partial charge is 0.172 e. The van der Waals surface area contributed by atoms with Crippen LogP contribution in [0.1, 0.15) is 18.1 Å². The summed E-state index contributed by atoms with van der Waals surface area (Å²) in [5, 5.41) is 5.19. The lowest BCUT2D eigenvalue weighted by molar-refractivity contribution is 0.721. The van der Waals surface area contributed by atoms with Crippen molar-refractivity contribution in [1.29, 1.82) is 0 Å². The van der Waals surface area contributed by atoms with Gasteiger partial charge in [0.15, 0.2) is 5.16 Å².